The summed E-state index contributed by atoms with van der Waals surface area (Å²) in [5, 5.41) is 5.34. The van der Waals surface area contributed by atoms with Crippen LogP contribution in [0.15, 0.2) is 41.3 Å². The monoisotopic (exact) mass is 405 g/mol. The third-order valence-corrected chi connectivity index (χ3v) is 5.41. The van der Waals surface area contributed by atoms with Crippen molar-refractivity contribution in [2.45, 2.75) is 25.7 Å². The maximum atomic E-state index is 12.8. The number of carbonyl (C=O) groups excluding carboxylic acids is 2. The molecule has 150 valence electrons. The van der Waals surface area contributed by atoms with E-state index in [1.54, 1.807) is 38.1 Å². The van der Waals surface area contributed by atoms with Gasteiger partial charge in [0.15, 0.2) is 0 Å². The fourth-order valence-electron chi connectivity index (χ4n) is 2.56. The van der Waals surface area contributed by atoms with Crippen LogP contribution >= 0.6 is 0 Å². The van der Waals surface area contributed by atoms with E-state index in [0.717, 1.165) is 0 Å². The van der Waals surface area contributed by atoms with E-state index < -0.39 is 15.9 Å². The molecule has 0 aliphatic carbocycles. The molecule has 0 heterocycles. The molecule has 0 saturated heterocycles. The molecular formula is C19H23N3O5S. The van der Waals surface area contributed by atoms with Gasteiger partial charge in [-0.2, -0.15) is 0 Å². The minimum absolute atomic E-state index is 0.00376. The Morgan fingerprint density at radius 1 is 1.07 bits per heavy atom. The predicted octanol–water partition coefficient (Wildman–Crippen LogP) is 2.51. The first-order chi connectivity index (χ1) is 13.2. The number of methoxy groups -OCH3 is 1. The molecule has 0 aliphatic heterocycles. The molecule has 0 radical (unpaired) electrons. The molecule has 0 spiro atoms. The van der Waals surface area contributed by atoms with E-state index in [1.807, 2.05) is 0 Å². The molecule has 28 heavy (non-hydrogen) atoms. The van der Waals surface area contributed by atoms with E-state index >= 15 is 0 Å². The molecule has 2 aromatic carbocycles. The molecule has 0 atom stereocenters. The minimum atomic E-state index is -3.69. The van der Waals surface area contributed by atoms with Crippen LogP contribution in [0.5, 0.6) is 5.75 Å². The number of sulfonamides is 1. The number of hydrogen-bond donors (Lipinski definition) is 3. The summed E-state index contributed by atoms with van der Waals surface area (Å²) in [6.45, 7) is 5.00. The normalized spacial score (nSPS) is 11.0. The van der Waals surface area contributed by atoms with Crippen molar-refractivity contribution in [1.29, 1.82) is 0 Å². The summed E-state index contributed by atoms with van der Waals surface area (Å²) >= 11 is 0. The molecule has 0 fully saturated rings. The Morgan fingerprint density at radius 3 is 2.39 bits per heavy atom. The average molecular weight is 405 g/mol. The maximum absolute atomic E-state index is 12.8. The molecule has 0 aromatic heterocycles. The molecule has 2 rings (SSSR count). The molecule has 2 amide bonds. The third kappa shape index (κ3) is 5.08. The maximum Gasteiger partial charge on any atom is 0.256 e. The number of carbonyl (C=O) groups is 2. The molecule has 0 saturated carbocycles. The SMILES string of the molecule is CCNS(=O)(=O)c1ccc(C)c(C(=O)Nc2cc(NC(C)=O)ccc2OC)c1. The Balaban J connectivity index is 2.38. The number of hydrogen-bond acceptors (Lipinski definition) is 5. The Hall–Kier alpha value is -2.91. The molecule has 3 N–H and O–H groups in total. The zero-order valence-electron chi connectivity index (χ0n) is 16.1. The first-order valence-electron chi connectivity index (χ1n) is 8.55. The molecule has 0 bridgehead atoms. The lowest BCUT2D eigenvalue weighted by atomic mass is 10.1. The minimum Gasteiger partial charge on any atom is -0.495 e. The van der Waals surface area contributed by atoms with Crippen LogP contribution in [0.25, 0.3) is 0 Å². The summed E-state index contributed by atoms with van der Waals surface area (Å²) in [6.07, 6.45) is 0. The summed E-state index contributed by atoms with van der Waals surface area (Å²) in [4.78, 5) is 24.1. The van der Waals surface area contributed by atoms with Gasteiger partial charge in [-0.25, -0.2) is 13.1 Å². The Labute approximate surface area is 164 Å². The van der Waals surface area contributed by atoms with Crippen LogP contribution in [-0.2, 0) is 14.8 Å². The van der Waals surface area contributed by atoms with Crippen molar-refractivity contribution in [1.82, 2.24) is 4.72 Å². The Kier molecular flexibility index (Phi) is 6.76. The zero-order chi connectivity index (χ0) is 20.9. The van der Waals surface area contributed by atoms with Crippen LogP contribution in [0, 0.1) is 6.92 Å². The van der Waals surface area contributed by atoms with Crippen LogP contribution in [-0.4, -0.2) is 33.9 Å². The number of amides is 2. The second kappa shape index (κ2) is 8.85. The largest absolute Gasteiger partial charge is 0.495 e. The van der Waals surface area contributed by atoms with Crippen molar-refractivity contribution in [3.63, 3.8) is 0 Å². The van der Waals surface area contributed by atoms with Crippen LogP contribution in [0.4, 0.5) is 11.4 Å². The van der Waals surface area contributed by atoms with Crippen molar-refractivity contribution >= 4 is 33.2 Å². The number of benzene rings is 2. The smallest absolute Gasteiger partial charge is 0.256 e. The van der Waals surface area contributed by atoms with E-state index in [0.29, 0.717) is 22.7 Å². The second-order valence-corrected chi connectivity index (χ2v) is 7.80. The molecule has 0 aliphatic rings. The van der Waals surface area contributed by atoms with Gasteiger partial charge in [0.2, 0.25) is 15.9 Å². The van der Waals surface area contributed by atoms with Crippen LogP contribution in [0.1, 0.15) is 29.8 Å². The van der Waals surface area contributed by atoms with Gasteiger partial charge in [0.25, 0.3) is 5.91 Å². The van der Waals surface area contributed by atoms with Gasteiger partial charge in [-0.05, 0) is 42.8 Å². The number of ether oxygens (including phenoxy) is 1. The van der Waals surface area contributed by atoms with Crippen LogP contribution < -0.4 is 20.1 Å². The fraction of sp³-hybridized carbons (Fsp3) is 0.263. The van der Waals surface area contributed by atoms with Crippen LogP contribution in [0.2, 0.25) is 0 Å². The highest BCUT2D eigenvalue weighted by Gasteiger charge is 2.18. The number of rotatable bonds is 7. The lowest BCUT2D eigenvalue weighted by Gasteiger charge is -2.14. The van der Waals surface area contributed by atoms with Gasteiger partial charge in [-0.15, -0.1) is 0 Å². The third-order valence-electron chi connectivity index (χ3n) is 3.87. The van der Waals surface area contributed by atoms with Gasteiger partial charge in [0, 0.05) is 24.7 Å². The highest BCUT2D eigenvalue weighted by molar-refractivity contribution is 7.89. The highest BCUT2D eigenvalue weighted by Crippen LogP contribution is 2.29. The summed E-state index contributed by atoms with van der Waals surface area (Å²) in [7, 11) is -2.23. The van der Waals surface area contributed by atoms with Crippen molar-refractivity contribution in [3.8, 4) is 5.75 Å². The quantitative estimate of drug-likeness (QED) is 0.655. The average Bonchev–Trinajstić information content (AvgIpc) is 2.61. The van der Waals surface area contributed by atoms with Crippen LogP contribution in [0.3, 0.4) is 0 Å². The number of aryl methyl sites for hydroxylation is 1. The Bertz CT molecular complexity index is 1000. The highest BCUT2D eigenvalue weighted by atomic mass is 32.2. The van der Waals surface area contributed by atoms with Gasteiger partial charge in [-0.3, -0.25) is 9.59 Å². The first kappa shape index (κ1) is 21.4. The van der Waals surface area contributed by atoms with Gasteiger partial charge in [0.1, 0.15) is 5.75 Å². The Morgan fingerprint density at radius 2 is 1.79 bits per heavy atom. The predicted molar refractivity (Wildman–Crippen MR) is 107 cm³/mol. The summed E-state index contributed by atoms with van der Waals surface area (Å²) in [6, 6.07) is 9.16. The van der Waals surface area contributed by atoms with Gasteiger partial charge in [-0.1, -0.05) is 13.0 Å². The first-order valence-corrected chi connectivity index (χ1v) is 10.0. The summed E-state index contributed by atoms with van der Waals surface area (Å²) in [5.74, 6) is -0.347. The second-order valence-electron chi connectivity index (χ2n) is 6.03. The van der Waals surface area contributed by atoms with E-state index in [1.165, 1.54) is 26.2 Å². The summed E-state index contributed by atoms with van der Waals surface area (Å²) in [5.41, 5.74) is 1.66. The molecular weight excluding hydrogens is 382 g/mol. The van der Waals surface area contributed by atoms with E-state index in [2.05, 4.69) is 15.4 Å². The topological polar surface area (TPSA) is 114 Å². The van der Waals surface area contributed by atoms with Gasteiger partial charge in [0.05, 0.1) is 17.7 Å². The standard InChI is InChI=1S/C19H23N3O5S/c1-5-20-28(25,26)15-8-6-12(2)16(11-15)19(24)22-17-10-14(21-13(3)23)7-9-18(17)27-4/h6-11,20H,5H2,1-4H3,(H,21,23)(H,22,24). The van der Waals surface area contributed by atoms with Crippen molar-refractivity contribution < 1.29 is 22.7 Å². The van der Waals surface area contributed by atoms with E-state index in [9.17, 15) is 18.0 Å². The molecule has 9 heteroatoms. The van der Waals surface area contributed by atoms with Crippen molar-refractivity contribution in [2.24, 2.45) is 0 Å². The lowest BCUT2D eigenvalue weighted by Crippen LogP contribution is -2.24. The lowest BCUT2D eigenvalue weighted by molar-refractivity contribution is -0.114. The van der Waals surface area contributed by atoms with Crippen molar-refractivity contribution in [3.05, 3.63) is 47.5 Å². The van der Waals surface area contributed by atoms with Crippen molar-refractivity contribution in [2.75, 3.05) is 24.3 Å². The number of nitrogens with one attached hydrogen (secondary N) is 3. The fourth-order valence-corrected chi connectivity index (χ4v) is 3.63. The van der Waals surface area contributed by atoms with E-state index in [-0.39, 0.29) is 22.9 Å². The van der Waals surface area contributed by atoms with E-state index in [4.69, 9.17) is 4.74 Å². The molecule has 0 unspecified atom stereocenters. The van der Waals surface area contributed by atoms with Gasteiger partial charge >= 0.3 is 0 Å². The summed E-state index contributed by atoms with van der Waals surface area (Å²) < 4.78 is 32.1. The molecule has 8 nitrogen and oxygen atoms in total. The molecule has 2 aromatic rings. The zero-order valence-corrected chi connectivity index (χ0v) is 16.9. The number of anilines is 2. The van der Waals surface area contributed by atoms with Gasteiger partial charge < -0.3 is 15.4 Å².